The first-order chi connectivity index (χ1) is 10.5. The number of rotatable bonds is 2. The highest BCUT2D eigenvalue weighted by Crippen LogP contribution is 2.50. The monoisotopic (exact) mass is 332 g/mol. The Labute approximate surface area is 133 Å². The van der Waals surface area contributed by atoms with Crippen molar-refractivity contribution < 1.29 is 8.42 Å². The Balaban J connectivity index is 1.82. The van der Waals surface area contributed by atoms with E-state index in [9.17, 15) is 8.42 Å². The van der Waals surface area contributed by atoms with Gasteiger partial charge in [-0.3, -0.25) is 0 Å². The minimum absolute atomic E-state index is 0.182. The number of thiophene rings is 1. The maximum atomic E-state index is 11.6. The highest BCUT2D eigenvalue weighted by molar-refractivity contribution is 7.89. The Kier molecular flexibility index (Phi) is 3.14. The van der Waals surface area contributed by atoms with E-state index in [2.05, 4.69) is 35.0 Å². The Morgan fingerprint density at radius 1 is 1.27 bits per heavy atom. The number of primary sulfonamides is 1. The second-order valence-corrected chi connectivity index (χ2v) is 8.33. The lowest BCUT2D eigenvalue weighted by Gasteiger charge is -2.37. The zero-order valence-electron chi connectivity index (χ0n) is 11.8. The van der Waals surface area contributed by atoms with Gasteiger partial charge in [0.25, 0.3) is 0 Å². The zero-order valence-corrected chi connectivity index (χ0v) is 13.4. The van der Waals surface area contributed by atoms with E-state index in [4.69, 9.17) is 5.14 Å². The van der Waals surface area contributed by atoms with Gasteiger partial charge in [-0.2, -0.15) is 0 Å². The van der Waals surface area contributed by atoms with E-state index in [-0.39, 0.29) is 16.9 Å². The third-order valence-corrected chi connectivity index (χ3v) is 6.38. The van der Waals surface area contributed by atoms with Crippen LogP contribution in [-0.4, -0.2) is 8.42 Å². The summed E-state index contributed by atoms with van der Waals surface area (Å²) in [6.07, 6.45) is 5.38. The minimum Gasteiger partial charge on any atom is -0.377 e. The van der Waals surface area contributed by atoms with Gasteiger partial charge in [-0.1, -0.05) is 18.2 Å². The summed E-state index contributed by atoms with van der Waals surface area (Å²) in [5, 5.41) is 10.9. The quantitative estimate of drug-likeness (QED) is 0.829. The maximum Gasteiger partial charge on any atom is 0.238 e. The van der Waals surface area contributed by atoms with Crippen LogP contribution in [0.3, 0.4) is 0 Å². The maximum absolute atomic E-state index is 11.6. The van der Waals surface area contributed by atoms with Crippen molar-refractivity contribution in [3.05, 3.63) is 58.3 Å². The van der Waals surface area contributed by atoms with Crippen molar-refractivity contribution in [1.82, 2.24) is 0 Å². The van der Waals surface area contributed by atoms with E-state index in [0.29, 0.717) is 5.92 Å². The first-order valence-electron chi connectivity index (χ1n) is 7.17. The second-order valence-electron chi connectivity index (χ2n) is 5.78. The van der Waals surface area contributed by atoms with Crippen LogP contribution in [0, 0.1) is 5.92 Å². The summed E-state index contributed by atoms with van der Waals surface area (Å²) in [5.74, 6) is 0.659. The third-order valence-electron chi connectivity index (χ3n) is 4.51. The number of nitrogens with one attached hydrogen (secondary N) is 1. The minimum atomic E-state index is -3.67. The zero-order chi connectivity index (χ0) is 15.3. The van der Waals surface area contributed by atoms with Crippen molar-refractivity contribution in [2.45, 2.75) is 23.3 Å². The molecule has 6 heteroatoms. The summed E-state index contributed by atoms with van der Waals surface area (Å²) in [7, 11) is -3.67. The lowest BCUT2D eigenvalue weighted by atomic mass is 9.79. The molecule has 4 nitrogen and oxygen atoms in total. The van der Waals surface area contributed by atoms with Crippen LogP contribution in [0.5, 0.6) is 0 Å². The molecule has 3 atom stereocenters. The van der Waals surface area contributed by atoms with Crippen LogP contribution >= 0.6 is 11.3 Å². The molecule has 1 aromatic carbocycles. The number of sulfonamides is 1. The molecule has 0 spiro atoms. The van der Waals surface area contributed by atoms with E-state index < -0.39 is 10.0 Å². The molecule has 0 amide bonds. The van der Waals surface area contributed by atoms with Gasteiger partial charge in [0.2, 0.25) is 10.0 Å². The summed E-state index contributed by atoms with van der Waals surface area (Å²) in [5.41, 5.74) is 2.02. The fraction of sp³-hybridized carbons (Fsp3) is 0.250. The molecule has 0 saturated heterocycles. The van der Waals surface area contributed by atoms with Crippen molar-refractivity contribution in [2.75, 3.05) is 5.32 Å². The Bertz CT molecular complexity index is 841. The molecule has 22 heavy (non-hydrogen) atoms. The van der Waals surface area contributed by atoms with Gasteiger partial charge in [0.1, 0.15) is 0 Å². The fourth-order valence-electron chi connectivity index (χ4n) is 3.50. The Morgan fingerprint density at radius 3 is 2.86 bits per heavy atom. The molecule has 0 fully saturated rings. The Morgan fingerprint density at radius 2 is 2.14 bits per heavy atom. The summed E-state index contributed by atoms with van der Waals surface area (Å²) in [6.45, 7) is 0. The molecule has 2 aromatic rings. The number of anilines is 1. The highest BCUT2D eigenvalue weighted by atomic mass is 32.2. The van der Waals surface area contributed by atoms with Crippen LogP contribution in [0.15, 0.2) is 52.8 Å². The van der Waals surface area contributed by atoms with Crippen LogP contribution in [0.1, 0.15) is 28.8 Å². The standard InChI is InChI=1S/C16H16N2O2S2/c17-22(19,20)10-6-7-14-13(9-10)11-3-1-4-12(11)16(18-14)15-5-2-8-21-15/h1-3,5-9,11-12,16,18H,4H2,(H2,17,19,20)/t11-,12+,16-/m0/s1. The average molecular weight is 332 g/mol. The third kappa shape index (κ3) is 2.18. The molecular weight excluding hydrogens is 316 g/mol. The molecule has 2 aliphatic rings. The molecule has 0 bridgehead atoms. The molecule has 1 aromatic heterocycles. The fourth-order valence-corrected chi connectivity index (χ4v) is 4.90. The van der Waals surface area contributed by atoms with Gasteiger partial charge in [0, 0.05) is 16.5 Å². The molecule has 114 valence electrons. The smallest absolute Gasteiger partial charge is 0.238 e. The first-order valence-corrected chi connectivity index (χ1v) is 9.60. The van der Waals surface area contributed by atoms with Crippen LogP contribution in [0.4, 0.5) is 5.69 Å². The first kappa shape index (κ1) is 14.0. The van der Waals surface area contributed by atoms with Crippen LogP contribution in [0.2, 0.25) is 0 Å². The Hall–Kier alpha value is -1.63. The molecule has 0 radical (unpaired) electrons. The van der Waals surface area contributed by atoms with E-state index in [1.807, 2.05) is 6.07 Å². The van der Waals surface area contributed by atoms with Gasteiger partial charge >= 0.3 is 0 Å². The molecule has 3 N–H and O–H groups in total. The van der Waals surface area contributed by atoms with Crippen LogP contribution < -0.4 is 10.5 Å². The van der Waals surface area contributed by atoms with Crippen molar-refractivity contribution in [2.24, 2.45) is 11.1 Å². The molecule has 0 unspecified atom stereocenters. The summed E-state index contributed by atoms with van der Waals surface area (Å²) < 4.78 is 23.2. The normalized spacial score (nSPS) is 26.3. The van der Waals surface area contributed by atoms with E-state index >= 15 is 0 Å². The van der Waals surface area contributed by atoms with Gasteiger partial charge in [-0.25, -0.2) is 13.6 Å². The summed E-state index contributed by atoms with van der Waals surface area (Å²) >= 11 is 1.75. The highest BCUT2D eigenvalue weighted by Gasteiger charge is 2.38. The van der Waals surface area contributed by atoms with Crippen molar-refractivity contribution in [3.8, 4) is 0 Å². The van der Waals surface area contributed by atoms with Crippen molar-refractivity contribution in [1.29, 1.82) is 0 Å². The number of hydrogen-bond donors (Lipinski definition) is 2. The lowest BCUT2D eigenvalue weighted by Crippen LogP contribution is -2.28. The van der Waals surface area contributed by atoms with Crippen molar-refractivity contribution in [3.63, 3.8) is 0 Å². The number of benzene rings is 1. The largest absolute Gasteiger partial charge is 0.377 e. The van der Waals surface area contributed by atoms with Crippen LogP contribution in [0.25, 0.3) is 0 Å². The molecule has 4 rings (SSSR count). The molecule has 1 aliphatic carbocycles. The average Bonchev–Trinajstić information content (AvgIpc) is 3.16. The predicted octanol–water partition coefficient (Wildman–Crippen LogP) is 3.22. The van der Waals surface area contributed by atoms with E-state index in [0.717, 1.165) is 17.7 Å². The molecular formula is C16H16N2O2S2. The number of nitrogens with two attached hydrogens (primary N) is 1. The predicted molar refractivity (Wildman–Crippen MR) is 88.5 cm³/mol. The van der Waals surface area contributed by atoms with Gasteiger partial charge in [-0.15, -0.1) is 11.3 Å². The second kappa shape index (κ2) is 4.94. The van der Waals surface area contributed by atoms with Gasteiger partial charge in [0.05, 0.1) is 10.9 Å². The van der Waals surface area contributed by atoms with Crippen molar-refractivity contribution >= 4 is 27.0 Å². The van der Waals surface area contributed by atoms with Gasteiger partial charge in [0.15, 0.2) is 0 Å². The number of fused-ring (bicyclic) bond motifs is 3. The van der Waals surface area contributed by atoms with Crippen LogP contribution in [-0.2, 0) is 10.0 Å². The SMILES string of the molecule is NS(=O)(=O)c1ccc2c(c1)[C@H]1C=CC[C@H]1[C@@H](c1cccs1)N2. The summed E-state index contributed by atoms with van der Waals surface area (Å²) in [6, 6.07) is 9.62. The lowest BCUT2D eigenvalue weighted by molar-refractivity contribution is 0.429. The van der Waals surface area contributed by atoms with Gasteiger partial charge < -0.3 is 5.32 Å². The number of allylic oxidation sites excluding steroid dienone is 2. The van der Waals surface area contributed by atoms with Gasteiger partial charge in [-0.05, 0) is 47.5 Å². The topological polar surface area (TPSA) is 72.2 Å². The van der Waals surface area contributed by atoms with E-state index in [1.54, 1.807) is 23.5 Å². The summed E-state index contributed by atoms with van der Waals surface area (Å²) in [4.78, 5) is 1.50. The molecule has 2 heterocycles. The molecule has 0 saturated carbocycles. The van der Waals surface area contributed by atoms with E-state index in [1.165, 1.54) is 4.88 Å². The molecule has 1 aliphatic heterocycles. The number of hydrogen-bond acceptors (Lipinski definition) is 4.